The van der Waals surface area contributed by atoms with Gasteiger partial charge in [-0.15, -0.1) is 0 Å². The fraction of sp³-hybridized carbons (Fsp3) is 0.571. The summed E-state index contributed by atoms with van der Waals surface area (Å²) in [5, 5.41) is 13.9. The van der Waals surface area contributed by atoms with E-state index in [0.717, 1.165) is 17.7 Å². The third-order valence-electron chi connectivity index (χ3n) is 6.06. The van der Waals surface area contributed by atoms with Crippen LogP contribution in [0.2, 0.25) is 0 Å². The number of rotatable bonds is 7. The number of aromatic nitrogens is 2. The van der Waals surface area contributed by atoms with Crippen LogP contribution in [-0.2, 0) is 16.0 Å². The molecule has 1 aromatic carbocycles. The molecule has 2 aromatic rings. The largest absolute Gasteiger partial charge is 0.497 e. The Kier molecular flexibility index (Phi) is 5.82. The fourth-order valence-electron chi connectivity index (χ4n) is 4.29. The third-order valence-corrected chi connectivity index (χ3v) is 6.06. The van der Waals surface area contributed by atoms with Gasteiger partial charge in [0.25, 0.3) is 0 Å². The first kappa shape index (κ1) is 19.8. The summed E-state index contributed by atoms with van der Waals surface area (Å²) in [6, 6.07) is 7.48. The van der Waals surface area contributed by atoms with E-state index in [4.69, 9.17) is 14.0 Å². The molecule has 156 valence electrons. The van der Waals surface area contributed by atoms with Crippen LogP contribution in [0.3, 0.4) is 0 Å². The molecule has 3 heterocycles. The minimum atomic E-state index is -0.286. The van der Waals surface area contributed by atoms with E-state index in [0.29, 0.717) is 63.2 Å². The van der Waals surface area contributed by atoms with Gasteiger partial charge >= 0.3 is 0 Å². The highest BCUT2D eigenvalue weighted by atomic mass is 16.5. The number of ether oxygens (including phenoxy) is 2. The summed E-state index contributed by atoms with van der Waals surface area (Å²) in [6.45, 7) is 2.60. The van der Waals surface area contributed by atoms with E-state index >= 15 is 0 Å². The first-order valence-corrected chi connectivity index (χ1v) is 10.1. The van der Waals surface area contributed by atoms with Crippen LogP contribution in [-0.4, -0.2) is 66.1 Å². The summed E-state index contributed by atoms with van der Waals surface area (Å²) in [6.07, 6.45) is 2.52. The van der Waals surface area contributed by atoms with Crippen molar-refractivity contribution in [3.63, 3.8) is 0 Å². The van der Waals surface area contributed by atoms with Crippen molar-refractivity contribution in [1.29, 1.82) is 0 Å². The molecule has 0 radical (unpaired) electrons. The van der Waals surface area contributed by atoms with Crippen molar-refractivity contribution in [2.45, 2.75) is 25.7 Å². The number of aliphatic hydroxyl groups is 1. The second-order valence-electron chi connectivity index (χ2n) is 7.93. The Morgan fingerprint density at radius 2 is 2.34 bits per heavy atom. The van der Waals surface area contributed by atoms with Gasteiger partial charge in [-0.2, -0.15) is 4.98 Å². The van der Waals surface area contributed by atoms with Gasteiger partial charge in [0.05, 0.1) is 20.3 Å². The SMILES string of the molecule is COc1cccc(-c2noc(CCCC(=O)N3C[C@@H]4CCOC[C@]4(CO)C3)n2)c1. The quantitative estimate of drug-likeness (QED) is 0.757. The lowest BCUT2D eigenvalue weighted by atomic mass is 9.76. The highest BCUT2D eigenvalue weighted by Gasteiger charge is 2.49. The Balaban J connectivity index is 1.29. The number of nitrogens with zero attached hydrogens (tertiary/aromatic N) is 3. The molecule has 2 atom stereocenters. The van der Waals surface area contributed by atoms with E-state index in [1.807, 2.05) is 29.2 Å². The maximum absolute atomic E-state index is 12.7. The maximum Gasteiger partial charge on any atom is 0.226 e. The highest BCUT2D eigenvalue weighted by molar-refractivity contribution is 5.76. The van der Waals surface area contributed by atoms with E-state index in [1.165, 1.54) is 0 Å². The zero-order valence-corrected chi connectivity index (χ0v) is 16.7. The van der Waals surface area contributed by atoms with Crippen molar-refractivity contribution >= 4 is 5.91 Å². The number of aryl methyl sites for hydroxylation is 1. The summed E-state index contributed by atoms with van der Waals surface area (Å²) >= 11 is 0. The van der Waals surface area contributed by atoms with Crippen LogP contribution >= 0.6 is 0 Å². The van der Waals surface area contributed by atoms with Crippen molar-refractivity contribution in [3.8, 4) is 17.1 Å². The zero-order chi connectivity index (χ0) is 20.3. The Labute approximate surface area is 169 Å². The normalized spacial score (nSPS) is 23.8. The average molecular weight is 401 g/mol. The van der Waals surface area contributed by atoms with E-state index in [1.54, 1.807) is 7.11 Å². The van der Waals surface area contributed by atoms with Gasteiger partial charge in [-0.1, -0.05) is 17.3 Å². The number of methoxy groups -OCH3 is 1. The van der Waals surface area contributed by atoms with Crippen molar-refractivity contribution < 1.29 is 23.9 Å². The van der Waals surface area contributed by atoms with Crippen LogP contribution in [0, 0.1) is 11.3 Å². The van der Waals surface area contributed by atoms with Gasteiger partial charge in [-0.3, -0.25) is 4.79 Å². The number of fused-ring (bicyclic) bond motifs is 1. The standard InChI is InChI=1S/C21H27N3O5/c1-27-17-5-2-4-15(10-17)20-22-18(29-23-20)6-3-7-19(26)24-11-16-8-9-28-14-21(16,12-24)13-25/h2,4-5,10,16,25H,3,6-9,11-14H2,1H3/t16-,21+/m0/s1. The molecule has 0 unspecified atom stereocenters. The van der Waals surface area contributed by atoms with Crippen molar-refractivity contribution in [2.75, 3.05) is 40.0 Å². The summed E-state index contributed by atoms with van der Waals surface area (Å²) in [7, 11) is 1.61. The average Bonchev–Trinajstić information content (AvgIpc) is 3.39. The Bertz CT molecular complexity index is 854. The molecule has 2 aliphatic heterocycles. The lowest BCUT2D eigenvalue weighted by molar-refractivity contribution is -0.131. The number of aliphatic hydroxyl groups excluding tert-OH is 1. The maximum atomic E-state index is 12.7. The smallest absolute Gasteiger partial charge is 0.226 e. The topological polar surface area (TPSA) is 97.9 Å². The molecule has 2 aliphatic rings. The van der Waals surface area contributed by atoms with E-state index < -0.39 is 0 Å². The van der Waals surface area contributed by atoms with Gasteiger partial charge in [0.1, 0.15) is 5.75 Å². The summed E-state index contributed by atoms with van der Waals surface area (Å²) in [5.41, 5.74) is 0.540. The monoisotopic (exact) mass is 401 g/mol. The van der Waals surface area contributed by atoms with Crippen molar-refractivity contribution in [1.82, 2.24) is 15.0 Å². The predicted octanol–water partition coefficient (Wildman–Crippen LogP) is 1.93. The number of benzene rings is 1. The van der Waals surface area contributed by atoms with E-state index in [2.05, 4.69) is 10.1 Å². The molecular formula is C21H27N3O5. The minimum Gasteiger partial charge on any atom is -0.497 e. The molecule has 1 N–H and O–H groups in total. The molecule has 4 rings (SSSR count). The zero-order valence-electron chi connectivity index (χ0n) is 16.7. The number of likely N-dealkylation sites (tertiary alicyclic amines) is 1. The number of carbonyl (C=O) groups is 1. The van der Waals surface area contributed by atoms with Crippen molar-refractivity contribution in [3.05, 3.63) is 30.2 Å². The van der Waals surface area contributed by atoms with Gasteiger partial charge in [0.15, 0.2) is 0 Å². The molecule has 0 bridgehead atoms. The number of amides is 1. The van der Waals surface area contributed by atoms with Gasteiger partial charge < -0.3 is 24.0 Å². The molecule has 2 saturated heterocycles. The third kappa shape index (κ3) is 4.13. The molecule has 2 fully saturated rings. The molecule has 8 nitrogen and oxygen atoms in total. The van der Waals surface area contributed by atoms with E-state index in [9.17, 15) is 9.90 Å². The van der Waals surface area contributed by atoms with Gasteiger partial charge in [0.2, 0.25) is 17.6 Å². The van der Waals surface area contributed by atoms with Crippen LogP contribution < -0.4 is 4.74 Å². The van der Waals surface area contributed by atoms with Crippen LogP contribution in [0.25, 0.3) is 11.4 Å². The first-order chi connectivity index (χ1) is 14.1. The molecule has 8 heteroatoms. The van der Waals surface area contributed by atoms with E-state index in [-0.39, 0.29) is 17.9 Å². The number of hydrogen-bond acceptors (Lipinski definition) is 7. The lowest BCUT2D eigenvalue weighted by Gasteiger charge is -2.36. The Hall–Kier alpha value is -2.45. The predicted molar refractivity (Wildman–Crippen MR) is 104 cm³/mol. The van der Waals surface area contributed by atoms with Crippen LogP contribution in [0.15, 0.2) is 28.8 Å². The highest BCUT2D eigenvalue weighted by Crippen LogP contribution is 2.41. The van der Waals surface area contributed by atoms with Crippen LogP contribution in [0.4, 0.5) is 0 Å². The number of hydrogen-bond donors (Lipinski definition) is 1. The Morgan fingerprint density at radius 3 is 3.14 bits per heavy atom. The molecule has 1 amide bonds. The Morgan fingerprint density at radius 1 is 1.45 bits per heavy atom. The van der Waals surface area contributed by atoms with Crippen LogP contribution in [0.5, 0.6) is 5.75 Å². The number of carbonyl (C=O) groups excluding carboxylic acids is 1. The van der Waals surface area contributed by atoms with Crippen molar-refractivity contribution in [2.24, 2.45) is 11.3 Å². The summed E-state index contributed by atoms with van der Waals surface area (Å²) < 4.78 is 16.1. The lowest BCUT2D eigenvalue weighted by Crippen LogP contribution is -2.43. The molecule has 0 spiro atoms. The molecule has 0 aliphatic carbocycles. The van der Waals surface area contributed by atoms with Gasteiger partial charge in [-0.05, 0) is 30.9 Å². The van der Waals surface area contributed by atoms with Gasteiger partial charge in [0, 0.05) is 43.5 Å². The summed E-state index contributed by atoms with van der Waals surface area (Å²) in [5.74, 6) is 2.20. The molecular weight excluding hydrogens is 374 g/mol. The molecule has 1 aromatic heterocycles. The first-order valence-electron chi connectivity index (χ1n) is 10.1. The van der Waals surface area contributed by atoms with Crippen LogP contribution in [0.1, 0.15) is 25.2 Å². The molecule has 29 heavy (non-hydrogen) atoms. The van der Waals surface area contributed by atoms with Gasteiger partial charge in [-0.25, -0.2) is 0 Å². The second-order valence-corrected chi connectivity index (χ2v) is 7.93. The minimum absolute atomic E-state index is 0.0660. The molecule has 0 saturated carbocycles. The fourth-order valence-corrected chi connectivity index (χ4v) is 4.29. The summed E-state index contributed by atoms with van der Waals surface area (Å²) in [4.78, 5) is 19.0. The second kappa shape index (κ2) is 8.51.